The van der Waals surface area contributed by atoms with E-state index in [0.29, 0.717) is 43.9 Å². The summed E-state index contributed by atoms with van der Waals surface area (Å²) in [6, 6.07) is 0. The molecule has 1 amide bonds. The van der Waals surface area contributed by atoms with Gasteiger partial charge in [0.2, 0.25) is 11.8 Å². The number of rotatable bonds is 7. The van der Waals surface area contributed by atoms with Crippen LogP contribution in [-0.4, -0.2) is 34.3 Å². The highest BCUT2D eigenvalue weighted by molar-refractivity contribution is 5.75. The van der Waals surface area contributed by atoms with Crippen molar-refractivity contribution in [2.75, 3.05) is 13.2 Å². The SMILES string of the molecule is Cc1noc(CCCC(=O)NCCCO)n1. The Kier molecular flexibility index (Phi) is 5.49. The van der Waals surface area contributed by atoms with Gasteiger partial charge < -0.3 is 14.9 Å². The van der Waals surface area contributed by atoms with Crippen molar-refractivity contribution in [1.82, 2.24) is 15.5 Å². The minimum Gasteiger partial charge on any atom is -0.396 e. The Morgan fingerprint density at radius 3 is 2.94 bits per heavy atom. The van der Waals surface area contributed by atoms with E-state index >= 15 is 0 Å². The van der Waals surface area contributed by atoms with Crippen LogP contribution in [0.5, 0.6) is 0 Å². The number of nitrogens with zero attached hydrogens (tertiary/aromatic N) is 2. The van der Waals surface area contributed by atoms with Gasteiger partial charge in [0, 0.05) is 26.0 Å². The van der Waals surface area contributed by atoms with Gasteiger partial charge in [0.15, 0.2) is 5.82 Å². The Morgan fingerprint density at radius 2 is 2.31 bits per heavy atom. The van der Waals surface area contributed by atoms with E-state index in [0.717, 1.165) is 0 Å². The molecule has 0 bridgehead atoms. The summed E-state index contributed by atoms with van der Waals surface area (Å²) in [4.78, 5) is 15.3. The van der Waals surface area contributed by atoms with Crippen molar-refractivity contribution >= 4 is 5.91 Å². The fourth-order valence-corrected chi connectivity index (χ4v) is 1.24. The summed E-state index contributed by atoms with van der Waals surface area (Å²) in [5, 5.41) is 14.9. The molecule has 90 valence electrons. The molecule has 0 unspecified atom stereocenters. The molecule has 6 heteroatoms. The van der Waals surface area contributed by atoms with Crippen LogP contribution in [-0.2, 0) is 11.2 Å². The zero-order chi connectivity index (χ0) is 11.8. The maximum Gasteiger partial charge on any atom is 0.226 e. The highest BCUT2D eigenvalue weighted by atomic mass is 16.5. The van der Waals surface area contributed by atoms with Gasteiger partial charge in [-0.1, -0.05) is 5.16 Å². The van der Waals surface area contributed by atoms with Crippen LogP contribution in [0.2, 0.25) is 0 Å². The molecule has 16 heavy (non-hydrogen) atoms. The highest BCUT2D eigenvalue weighted by Gasteiger charge is 2.05. The van der Waals surface area contributed by atoms with Gasteiger partial charge in [-0.05, 0) is 19.8 Å². The quantitative estimate of drug-likeness (QED) is 0.649. The van der Waals surface area contributed by atoms with Crippen LogP contribution in [0.1, 0.15) is 31.0 Å². The number of amides is 1. The summed E-state index contributed by atoms with van der Waals surface area (Å²) < 4.78 is 4.92. The van der Waals surface area contributed by atoms with E-state index in [1.165, 1.54) is 0 Å². The van der Waals surface area contributed by atoms with Crippen LogP contribution < -0.4 is 5.32 Å². The maximum atomic E-state index is 11.3. The number of aromatic nitrogens is 2. The van der Waals surface area contributed by atoms with Crippen molar-refractivity contribution in [3.63, 3.8) is 0 Å². The van der Waals surface area contributed by atoms with Gasteiger partial charge in [0.05, 0.1) is 0 Å². The third-order valence-corrected chi connectivity index (χ3v) is 2.02. The molecule has 1 rings (SSSR count). The highest BCUT2D eigenvalue weighted by Crippen LogP contribution is 2.02. The van der Waals surface area contributed by atoms with Crippen molar-refractivity contribution in [2.24, 2.45) is 0 Å². The average molecular weight is 227 g/mol. The summed E-state index contributed by atoms with van der Waals surface area (Å²) in [6.45, 7) is 2.38. The monoisotopic (exact) mass is 227 g/mol. The number of nitrogens with one attached hydrogen (secondary N) is 1. The van der Waals surface area contributed by atoms with Crippen molar-refractivity contribution in [3.8, 4) is 0 Å². The molecular weight excluding hydrogens is 210 g/mol. The van der Waals surface area contributed by atoms with Gasteiger partial charge >= 0.3 is 0 Å². The molecule has 1 heterocycles. The summed E-state index contributed by atoms with van der Waals surface area (Å²) in [7, 11) is 0. The van der Waals surface area contributed by atoms with Crippen LogP contribution in [0.4, 0.5) is 0 Å². The second kappa shape index (κ2) is 6.95. The predicted molar refractivity (Wildman–Crippen MR) is 56.7 cm³/mol. The first-order chi connectivity index (χ1) is 7.72. The topological polar surface area (TPSA) is 88.2 Å². The summed E-state index contributed by atoms with van der Waals surface area (Å²) in [6.07, 6.45) is 2.34. The number of carbonyl (C=O) groups is 1. The Labute approximate surface area is 94.0 Å². The third kappa shape index (κ3) is 4.88. The van der Waals surface area contributed by atoms with Gasteiger partial charge in [0.1, 0.15) is 0 Å². The fraction of sp³-hybridized carbons (Fsp3) is 0.700. The van der Waals surface area contributed by atoms with Crippen LogP contribution in [0.25, 0.3) is 0 Å². The summed E-state index contributed by atoms with van der Waals surface area (Å²) >= 11 is 0. The third-order valence-electron chi connectivity index (χ3n) is 2.02. The molecule has 0 spiro atoms. The normalized spacial score (nSPS) is 10.4. The van der Waals surface area contributed by atoms with Gasteiger partial charge in [-0.15, -0.1) is 0 Å². The lowest BCUT2D eigenvalue weighted by molar-refractivity contribution is -0.121. The predicted octanol–water partition coefficient (Wildman–Crippen LogP) is 0.199. The lowest BCUT2D eigenvalue weighted by Crippen LogP contribution is -2.24. The van der Waals surface area contributed by atoms with Gasteiger partial charge in [0.25, 0.3) is 0 Å². The van der Waals surface area contributed by atoms with E-state index < -0.39 is 0 Å². The number of hydrogen-bond donors (Lipinski definition) is 2. The van der Waals surface area contributed by atoms with Crippen LogP contribution >= 0.6 is 0 Å². The first-order valence-corrected chi connectivity index (χ1v) is 5.39. The molecule has 0 fully saturated rings. The van der Waals surface area contributed by atoms with Gasteiger partial charge in [-0.2, -0.15) is 4.98 Å². The molecule has 0 aliphatic carbocycles. The molecular formula is C10H17N3O3. The van der Waals surface area contributed by atoms with Crippen molar-refractivity contribution in [1.29, 1.82) is 0 Å². The second-order valence-corrected chi connectivity index (χ2v) is 3.52. The lowest BCUT2D eigenvalue weighted by Gasteiger charge is -2.02. The van der Waals surface area contributed by atoms with Crippen LogP contribution in [0.15, 0.2) is 4.52 Å². The molecule has 2 N–H and O–H groups in total. The molecule has 0 aromatic carbocycles. The number of aryl methyl sites for hydroxylation is 2. The Balaban J connectivity index is 2.08. The van der Waals surface area contributed by atoms with E-state index in [1.807, 2.05) is 0 Å². The summed E-state index contributed by atoms with van der Waals surface area (Å²) in [5.74, 6) is 1.17. The zero-order valence-electron chi connectivity index (χ0n) is 9.40. The smallest absolute Gasteiger partial charge is 0.226 e. The Hall–Kier alpha value is -1.43. The fourth-order valence-electron chi connectivity index (χ4n) is 1.24. The van der Waals surface area contributed by atoms with Crippen LogP contribution in [0, 0.1) is 6.92 Å². The average Bonchev–Trinajstić information content (AvgIpc) is 2.65. The van der Waals surface area contributed by atoms with E-state index in [9.17, 15) is 4.79 Å². The molecule has 1 aromatic rings. The van der Waals surface area contributed by atoms with Crippen molar-refractivity contribution in [3.05, 3.63) is 11.7 Å². The van der Waals surface area contributed by atoms with E-state index in [-0.39, 0.29) is 12.5 Å². The van der Waals surface area contributed by atoms with Crippen molar-refractivity contribution in [2.45, 2.75) is 32.6 Å². The maximum absolute atomic E-state index is 11.3. The van der Waals surface area contributed by atoms with E-state index in [2.05, 4.69) is 15.5 Å². The molecule has 0 atom stereocenters. The Bertz CT molecular complexity index is 325. The molecule has 6 nitrogen and oxygen atoms in total. The number of carbonyl (C=O) groups excluding carboxylic acids is 1. The number of hydrogen-bond acceptors (Lipinski definition) is 5. The molecule has 0 aliphatic heterocycles. The van der Waals surface area contributed by atoms with Gasteiger partial charge in [-0.25, -0.2) is 0 Å². The molecule has 0 saturated carbocycles. The van der Waals surface area contributed by atoms with Crippen LogP contribution in [0.3, 0.4) is 0 Å². The zero-order valence-corrected chi connectivity index (χ0v) is 9.40. The minimum atomic E-state index is -0.00955. The minimum absolute atomic E-state index is 0.00955. The molecule has 0 saturated heterocycles. The largest absolute Gasteiger partial charge is 0.396 e. The number of aliphatic hydroxyl groups excluding tert-OH is 1. The van der Waals surface area contributed by atoms with E-state index in [4.69, 9.17) is 9.63 Å². The molecule has 0 aliphatic rings. The summed E-state index contributed by atoms with van der Waals surface area (Å²) in [5.41, 5.74) is 0. The van der Waals surface area contributed by atoms with E-state index in [1.54, 1.807) is 6.92 Å². The second-order valence-electron chi connectivity index (χ2n) is 3.52. The van der Waals surface area contributed by atoms with Crippen molar-refractivity contribution < 1.29 is 14.4 Å². The molecule has 0 radical (unpaired) electrons. The lowest BCUT2D eigenvalue weighted by atomic mass is 10.2. The van der Waals surface area contributed by atoms with Gasteiger partial charge in [-0.3, -0.25) is 4.79 Å². The standard InChI is InChI=1S/C10H17N3O3/c1-8-12-10(16-13-8)5-2-4-9(15)11-6-3-7-14/h14H,2-7H2,1H3,(H,11,15). The first-order valence-electron chi connectivity index (χ1n) is 5.39. The number of aliphatic hydroxyl groups is 1. The first kappa shape index (κ1) is 12.6. The molecule has 1 aromatic heterocycles. The Morgan fingerprint density at radius 1 is 1.50 bits per heavy atom.